The maximum Gasteiger partial charge on any atom is 0.0712 e. The highest BCUT2D eigenvalue weighted by Crippen LogP contribution is 2.45. The number of hydrogen-bond donors (Lipinski definition) is 0. The third-order valence-corrected chi connectivity index (χ3v) is 14.4. The number of aromatic nitrogens is 1. The summed E-state index contributed by atoms with van der Waals surface area (Å²) in [6, 6.07) is 12.1. The van der Waals surface area contributed by atoms with Crippen LogP contribution < -0.4 is 0 Å². The van der Waals surface area contributed by atoms with Crippen LogP contribution in [0.5, 0.6) is 0 Å². The summed E-state index contributed by atoms with van der Waals surface area (Å²) in [5.41, 5.74) is 4.79. The highest BCUT2D eigenvalue weighted by molar-refractivity contribution is 7.17. The van der Waals surface area contributed by atoms with Crippen molar-refractivity contribution in [2.75, 3.05) is 0 Å². The van der Waals surface area contributed by atoms with Gasteiger partial charge in [-0.05, 0) is 23.6 Å². The minimum Gasteiger partial charge on any atom is -0.252 e. The van der Waals surface area contributed by atoms with Gasteiger partial charge in [-0.25, -0.2) is 0 Å². The number of rotatable bonds is 5. The normalized spacial score (nSPS) is 13.0. The lowest BCUT2D eigenvalue weighted by Crippen LogP contribution is -2.47. The molecule has 0 radical (unpaired) electrons. The Labute approximate surface area is 151 Å². The van der Waals surface area contributed by atoms with E-state index in [1.165, 1.54) is 27.2 Å². The van der Waals surface area contributed by atoms with Crippen LogP contribution in [0.1, 0.15) is 47.2 Å². The molecule has 0 fully saturated rings. The van der Waals surface area contributed by atoms with Gasteiger partial charge < -0.3 is 0 Å². The van der Waals surface area contributed by atoms with E-state index in [9.17, 15) is 0 Å². The summed E-state index contributed by atoms with van der Waals surface area (Å²) in [6.07, 6.45) is 0. The van der Waals surface area contributed by atoms with Crippen molar-refractivity contribution in [1.29, 1.82) is 0 Å². The highest BCUT2D eigenvalue weighted by atomic mass is 32.1. The molecule has 128 valence electrons. The number of thiophene rings is 1. The van der Waals surface area contributed by atoms with Gasteiger partial charge in [-0.1, -0.05) is 76.4 Å². The molecule has 0 atom stereocenters. The Morgan fingerprint density at radius 1 is 0.875 bits per heavy atom. The molecular formula is C21H29NSSi. The van der Waals surface area contributed by atoms with Crippen LogP contribution in [0.2, 0.25) is 16.6 Å². The largest absolute Gasteiger partial charge is 0.252 e. The van der Waals surface area contributed by atoms with Gasteiger partial charge in [0.15, 0.2) is 0 Å². The molecule has 2 aromatic heterocycles. The Balaban J connectivity index is 2.22. The van der Waals surface area contributed by atoms with Crippen molar-refractivity contribution in [2.45, 2.75) is 64.2 Å². The van der Waals surface area contributed by atoms with Crippen molar-refractivity contribution in [2.24, 2.45) is 0 Å². The van der Waals surface area contributed by atoms with E-state index in [1.54, 1.807) is 0 Å². The molecule has 3 heteroatoms. The van der Waals surface area contributed by atoms with E-state index >= 15 is 0 Å². The van der Waals surface area contributed by atoms with Crippen LogP contribution in [0.3, 0.4) is 0 Å². The minimum atomic E-state index is -1.50. The van der Waals surface area contributed by atoms with E-state index in [0.717, 1.165) is 22.1 Å². The first kappa shape index (κ1) is 17.6. The van der Waals surface area contributed by atoms with Gasteiger partial charge in [0.2, 0.25) is 0 Å². The Morgan fingerprint density at radius 2 is 1.50 bits per heavy atom. The molecule has 0 bridgehead atoms. The molecule has 0 amide bonds. The number of pyridine rings is 1. The van der Waals surface area contributed by atoms with Gasteiger partial charge >= 0.3 is 0 Å². The number of para-hydroxylation sites is 1. The van der Waals surface area contributed by atoms with Crippen molar-refractivity contribution in [3.63, 3.8) is 0 Å². The second-order valence-electron chi connectivity index (χ2n) is 7.99. The lowest BCUT2D eigenvalue weighted by atomic mass is 10.1. The molecule has 3 rings (SSSR count). The fourth-order valence-electron chi connectivity index (χ4n) is 4.76. The van der Waals surface area contributed by atoms with Crippen molar-refractivity contribution in [3.8, 4) is 0 Å². The van der Waals surface area contributed by atoms with Crippen LogP contribution in [0.4, 0.5) is 0 Å². The Bertz CT molecular complexity index is 826. The molecule has 1 aromatic carbocycles. The Kier molecular flexibility index (Phi) is 4.85. The Morgan fingerprint density at radius 3 is 2.12 bits per heavy atom. The maximum atomic E-state index is 5.15. The molecule has 3 aromatic rings. The van der Waals surface area contributed by atoms with Crippen molar-refractivity contribution in [1.82, 2.24) is 4.98 Å². The molecule has 1 nitrogen and oxygen atoms in total. The monoisotopic (exact) mass is 355 g/mol. The average Bonchev–Trinajstić information content (AvgIpc) is 3.01. The second kappa shape index (κ2) is 6.60. The summed E-state index contributed by atoms with van der Waals surface area (Å²) < 4.78 is 1.41. The van der Waals surface area contributed by atoms with Crippen LogP contribution in [-0.2, 0) is 6.04 Å². The molecule has 0 N–H and O–H groups in total. The minimum absolute atomic E-state index is 0.765. The van der Waals surface area contributed by atoms with Crippen LogP contribution in [0.25, 0.3) is 21.0 Å². The predicted molar refractivity (Wildman–Crippen MR) is 112 cm³/mol. The first-order valence-electron chi connectivity index (χ1n) is 9.12. The summed E-state index contributed by atoms with van der Waals surface area (Å²) in [7, 11) is -1.50. The zero-order chi connectivity index (χ0) is 17.5. The predicted octanol–water partition coefficient (Wildman–Crippen LogP) is 7.21. The van der Waals surface area contributed by atoms with Gasteiger partial charge in [0.05, 0.1) is 24.0 Å². The van der Waals surface area contributed by atoms with E-state index in [-0.39, 0.29) is 0 Å². The molecule has 0 saturated carbocycles. The van der Waals surface area contributed by atoms with Crippen molar-refractivity contribution in [3.05, 3.63) is 41.4 Å². The molecule has 2 heterocycles. The van der Waals surface area contributed by atoms with Gasteiger partial charge in [-0.15, -0.1) is 11.3 Å². The molecular weight excluding hydrogens is 326 g/mol. The Hall–Kier alpha value is -1.19. The van der Waals surface area contributed by atoms with E-state index in [0.29, 0.717) is 0 Å². The summed E-state index contributed by atoms with van der Waals surface area (Å²) in [5, 5.41) is 4.91. The van der Waals surface area contributed by atoms with Crippen molar-refractivity contribution >= 4 is 40.4 Å². The van der Waals surface area contributed by atoms with Crippen LogP contribution in [0.15, 0.2) is 35.7 Å². The number of fused-ring (bicyclic) bond motifs is 3. The maximum absolute atomic E-state index is 5.15. The lowest BCUT2D eigenvalue weighted by molar-refractivity contribution is 0.795. The third-order valence-electron chi connectivity index (χ3n) is 6.08. The number of nitrogens with zero attached hydrogens (tertiary/aromatic N) is 1. The topological polar surface area (TPSA) is 12.9 Å². The third kappa shape index (κ3) is 2.72. The van der Waals surface area contributed by atoms with Gasteiger partial charge in [0.1, 0.15) is 0 Å². The number of benzene rings is 1. The van der Waals surface area contributed by atoms with E-state index in [4.69, 9.17) is 4.98 Å². The number of hydrogen-bond acceptors (Lipinski definition) is 2. The quantitative estimate of drug-likeness (QED) is 0.441. The molecule has 0 aliphatic heterocycles. The van der Waals surface area contributed by atoms with E-state index in [2.05, 4.69) is 77.3 Å². The SMILES string of the molecule is CC(C)[Si](Cc1nc2ccccc2c2ccsc12)(C(C)C)C(C)C. The molecule has 0 unspecified atom stereocenters. The second-order valence-corrected chi connectivity index (χ2v) is 15.0. The summed E-state index contributed by atoms with van der Waals surface area (Å²) in [6.45, 7) is 14.7. The van der Waals surface area contributed by atoms with Gasteiger partial charge in [0, 0.05) is 10.8 Å². The molecule has 24 heavy (non-hydrogen) atoms. The first-order chi connectivity index (χ1) is 11.4. The fraction of sp³-hybridized carbons (Fsp3) is 0.476. The van der Waals surface area contributed by atoms with E-state index in [1.807, 2.05) is 11.3 Å². The lowest BCUT2D eigenvalue weighted by Gasteiger charge is -2.43. The van der Waals surface area contributed by atoms with Gasteiger partial charge in [-0.3, -0.25) is 4.98 Å². The van der Waals surface area contributed by atoms with Crippen LogP contribution in [-0.4, -0.2) is 13.1 Å². The zero-order valence-corrected chi connectivity index (χ0v) is 17.6. The molecule has 0 aliphatic carbocycles. The highest BCUT2D eigenvalue weighted by Gasteiger charge is 2.43. The fourth-order valence-corrected chi connectivity index (χ4v) is 11.8. The summed E-state index contributed by atoms with van der Waals surface area (Å²) >= 11 is 1.86. The average molecular weight is 356 g/mol. The molecule has 0 spiro atoms. The van der Waals surface area contributed by atoms with Crippen molar-refractivity contribution < 1.29 is 0 Å². The van der Waals surface area contributed by atoms with Crippen LogP contribution in [0, 0.1) is 0 Å². The first-order valence-corrected chi connectivity index (χ1v) is 12.4. The standard InChI is InChI=1S/C21H29NSSi/c1-14(2)24(15(3)4,16(5)6)13-20-21-18(11-12-23-21)17-9-7-8-10-19(17)22-20/h7-12,14-16H,13H2,1-6H3. The molecule has 0 saturated heterocycles. The van der Waals surface area contributed by atoms with Crippen LogP contribution >= 0.6 is 11.3 Å². The summed E-state index contributed by atoms with van der Waals surface area (Å²) in [5.74, 6) is 0. The molecule has 0 aliphatic rings. The van der Waals surface area contributed by atoms with Gasteiger partial charge in [-0.2, -0.15) is 0 Å². The smallest absolute Gasteiger partial charge is 0.0712 e. The van der Waals surface area contributed by atoms with Gasteiger partial charge in [0.25, 0.3) is 0 Å². The van der Waals surface area contributed by atoms with E-state index < -0.39 is 8.07 Å². The summed E-state index contributed by atoms with van der Waals surface area (Å²) in [4.78, 5) is 5.15. The zero-order valence-electron chi connectivity index (χ0n) is 15.8.